The minimum Gasteiger partial charge on any atom is -0.550 e. The SMILES string of the molecule is CC(C)C1O[C@@H](CN)[C@H](CN)O1.O=C([O-])CC(=O)[O-].[Pt+2]. The Kier molecular flexibility index (Phi) is 12.1. The number of carbonyl (C=O) groups is 2. The number of carboxylic acids is 2. The van der Waals surface area contributed by atoms with Crippen molar-refractivity contribution in [1.82, 2.24) is 0 Å². The molecule has 1 rings (SSSR count). The fourth-order valence-electron chi connectivity index (χ4n) is 1.40. The van der Waals surface area contributed by atoms with Gasteiger partial charge in [0.25, 0.3) is 0 Å². The van der Waals surface area contributed by atoms with Crippen molar-refractivity contribution < 1.29 is 50.3 Å². The van der Waals surface area contributed by atoms with E-state index in [-0.39, 0.29) is 39.6 Å². The Hall–Kier alpha value is -0.532. The first-order chi connectivity index (χ1) is 8.81. The molecule has 120 valence electrons. The average molecular weight is 471 g/mol. The number of hydrogen-bond acceptors (Lipinski definition) is 8. The van der Waals surface area contributed by atoms with Crippen LogP contribution in [-0.2, 0) is 40.1 Å². The van der Waals surface area contributed by atoms with Gasteiger partial charge in [0, 0.05) is 37.4 Å². The molecule has 1 aliphatic rings. The number of carbonyl (C=O) groups excluding carboxylic acids is 2. The maximum absolute atomic E-state index is 9.28. The zero-order chi connectivity index (χ0) is 15.0. The molecule has 0 aromatic heterocycles. The summed E-state index contributed by atoms with van der Waals surface area (Å²) in [5.41, 5.74) is 11.0. The van der Waals surface area contributed by atoms with Crippen LogP contribution in [-0.4, -0.2) is 43.5 Å². The third kappa shape index (κ3) is 8.60. The molecule has 2 atom stereocenters. The van der Waals surface area contributed by atoms with E-state index in [9.17, 15) is 19.8 Å². The molecule has 1 heterocycles. The van der Waals surface area contributed by atoms with Crippen LogP contribution in [0.5, 0.6) is 0 Å². The number of carboxylic acid groups (broad SMARTS) is 2. The van der Waals surface area contributed by atoms with Crippen molar-refractivity contribution in [2.45, 2.75) is 38.8 Å². The second-order valence-electron chi connectivity index (χ2n) is 4.35. The molecular weight excluding hydrogens is 451 g/mol. The zero-order valence-corrected chi connectivity index (χ0v) is 13.6. The summed E-state index contributed by atoms with van der Waals surface area (Å²) >= 11 is 0. The number of rotatable bonds is 5. The van der Waals surface area contributed by atoms with Crippen LogP contribution in [0.25, 0.3) is 0 Å². The Labute approximate surface area is 132 Å². The molecule has 0 aliphatic carbocycles. The Morgan fingerprint density at radius 3 is 1.55 bits per heavy atom. The smallest absolute Gasteiger partial charge is 0.550 e. The molecule has 0 aromatic rings. The Morgan fingerprint density at radius 2 is 1.40 bits per heavy atom. The predicted octanol–water partition coefficient (Wildman–Crippen LogP) is -3.46. The van der Waals surface area contributed by atoms with Crippen LogP contribution in [0.15, 0.2) is 0 Å². The predicted molar refractivity (Wildman–Crippen MR) is 61.1 cm³/mol. The molecule has 0 radical (unpaired) electrons. The van der Waals surface area contributed by atoms with Gasteiger partial charge in [0.15, 0.2) is 6.29 Å². The topological polar surface area (TPSA) is 151 Å². The monoisotopic (exact) mass is 471 g/mol. The van der Waals surface area contributed by atoms with Crippen molar-refractivity contribution >= 4 is 11.9 Å². The van der Waals surface area contributed by atoms with Gasteiger partial charge in [0.2, 0.25) is 0 Å². The van der Waals surface area contributed by atoms with E-state index in [1.807, 2.05) is 0 Å². The first kappa shape index (κ1) is 21.8. The van der Waals surface area contributed by atoms with Gasteiger partial charge in [-0.3, -0.25) is 0 Å². The van der Waals surface area contributed by atoms with E-state index in [4.69, 9.17) is 20.9 Å². The molecule has 1 aliphatic heterocycles. The molecule has 0 unspecified atom stereocenters. The molecule has 9 heteroatoms. The van der Waals surface area contributed by atoms with Crippen molar-refractivity contribution in [3.05, 3.63) is 0 Å². The van der Waals surface area contributed by atoms with Gasteiger partial charge in [-0.05, 0) is 0 Å². The minimum atomic E-state index is -1.63. The normalized spacial score (nSPS) is 21.9. The second-order valence-corrected chi connectivity index (χ2v) is 4.35. The maximum atomic E-state index is 9.28. The maximum Gasteiger partial charge on any atom is 2.00 e. The summed E-state index contributed by atoms with van der Waals surface area (Å²) in [5, 5.41) is 18.6. The van der Waals surface area contributed by atoms with E-state index >= 15 is 0 Å². The third-order valence-electron chi connectivity index (χ3n) is 2.33. The fraction of sp³-hybridized carbons (Fsp3) is 0.818. The van der Waals surface area contributed by atoms with E-state index in [1.165, 1.54) is 0 Å². The van der Waals surface area contributed by atoms with E-state index in [2.05, 4.69) is 13.8 Å². The molecule has 0 bridgehead atoms. The minimum absolute atomic E-state index is 0. The average Bonchev–Trinajstić information content (AvgIpc) is 2.71. The summed E-state index contributed by atoms with van der Waals surface area (Å²) in [6.45, 7) is 5.06. The van der Waals surface area contributed by atoms with Crippen LogP contribution in [0.1, 0.15) is 20.3 Å². The Bertz CT molecular complexity index is 279. The zero-order valence-electron chi connectivity index (χ0n) is 11.4. The molecule has 0 spiro atoms. The molecule has 4 N–H and O–H groups in total. The Morgan fingerprint density at radius 1 is 1.05 bits per heavy atom. The van der Waals surface area contributed by atoms with Gasteiger partial charge in [0.1, 0.15) is 12.2 Å². The number of nitrogens with two attached hydrogens (primary N) is 2. The van der Waals surface area contributed by atoms with Crippen molar-refractivity contribution in [2.24, 2.45) is 17.4 Å². The van der Waals surface area contributed by atoms with Crippen molar-refractivity contribution in [3.8, 4) is 0 Å². The quantitative estimate of drug-likeness (QED) is 0.393. The number of hydrogen-bond donors (Lipinski definition) is 2. The van der Waals surface area contributed by atoms with E-state index in [0.29, 0.717) is 19.0 Å². The molecule has 0 saturated carbocycles. The molecule has 0 aromatic carbocycles. The summed E-state index contributed by atoms with van der Waals surface area (Å²) in [4.78, 5) is 18.6. The summed E-state index contributed by atoms with van der Waals surface area (Å²) in [6, 6.07) is 0. The standard InChI is InChI=1S/C8H18N2O2.C3H4O4.Pt/c1-5(2)8-11-6(3-9)7(4-10)12-8;4-2(5)1-3(6)7;/h5-8H,3-4,9-10H2,1-2H3;1H2,(H,4,5)(H,6,7);/q;;+2/p-2/t6-,7-;;/m0../s1. The van der Waals surface area contributed by atoms with Gasteiger partial charge in [0.05, 0.1) is 0 Å². The van der Waals surface area contributed by atoms with Crippen molar-refractivity contribution in [2.75, 3.05) is 13.1 Å². The number of aliphatic carboxylic acids is 2. The van der Waals surface area contributed by atoms with E-state index in [1.54, 1.807) is 0 Å². The summed E-state index contributed by atoms with van der Waals surface area (Å²) in [7, 11) is 0. The third-order valence-corrected chi connectivity index (χ3v) is 2.33. The van der Waals surface area contributed by atoms with Crippen LogP contribution in [0.4, 0.5) is 0 Å². The number of ether oxygens (including phenoxy) is 2. The van der Waals surface area contributed by atoms with Crippen LogP contribution >= 0.6 is 0 Å². The van der Waals surface area contributed by atoms with Gasteiger partial charge >= 0.3 is 21.1 Å². The molecule has 8 nitrogen and oxygen atoms in total. The van der Waals surface area contributed by atoms with E-state index in [0.717, 1.165) is 0 Å². The molecule has 1 saturated heterocycles. The molecule has 0 amide bonds. The first-order valence-electron chi connectivity index (χ1n) is 5.92. The van der Waals surface area contributed by atoms with Crippen LogP contribution in [0, 0.1) is 5.92 Å². The second kappa shape index (κ2) is 11.2. The van der Waals surface area contributed by atoms with Gasteiger partial charge < -0.3 is 40.7 Å². The molecule has 1 fully saturated rings. The van der Waals surface area contributed by atoms with Crippen molar-refractivity contribution in [1.29, 1.82) is 0 Å². The summed E-state index contributed by atoms with van der Waals surface area (Å²) < 4.78 is 11.1. The largest absolute Gasteiger partial charge is 2.00 e. The van der Waals surface area contributed by atoms with Gasteiger partial charge in [-0.1, -0.05) is 13.8 Å². The summed E-state index contributed by atoms with van der Waals surface area (Å²) in [6.07, 6.45) is -1.21. The van der Waals surface area contributed by atoms with Crippen LogP contribution in [0.2, 0.25) is 0 Å². The van der Waals surface area contributed by atoms with Gasteiger partial charge in [-0.15, -0.1) is 0 Å². The van der Waals surface area contributed by atoms with Crippen LogP contribution < -0.4 is 21.7 Å². The fourth-order valence-corrected chi connectivity index (χ4v) is 1.40. The van der Waals surface area contributed by atoms with Crippen molar-refractivity contribution in [3.63, 3.8) is 0 Å². The van der Waals surface area contributed by atoms with Crippen LogP contribution in [0.3, 0.4) is 0 Å². The van der Waals surface area contributed by atoms with Gasteiger partial charge in [-0.2, -0.15) is 0 Å². The molecular formula is C11H20N2O6Pt. The van der Waals surface area contributed by atoms with Gasteiger partial charge in [-0.25, -0.2) is 0 Å². The Balaban J connectivity index is 0. The molecule has 20 heavy (non-hydrogen) atoms. The summed E-state index contributed by atoms with van der Waals surface area (Å²) in [5.74, 6) is -2.89. The first-order valence-corrected chi connectivity index (χ1v) is 5.92. The van der Waals surface area contributed by atoms with E-state index < -0.39 is 18.4 Å².